The molecule has 1 amide bonds. The Kier molecular flexibility index (Phi) is 4.24. The number of carbonyl (C=O) groups is 1. The van der Waals surface area contributed by atoms with Crippen LogP contribution >= 0.6 is 0 Å². The van der Waals surface area contributed by atoms with Gasteiger partial charge in [0.25, 0.3) is 5.91 Å². The van der Waals surface area contributed by atoms with Gasteiger partial charge in [-0.1, -0.05) is 30.3 Å². The van der Waals surface area contributed by atoms with Crippen LogP contribution in [0.4, 0.5) is 10.1 Å². The number of halogens is 1. The van der Waals surface area contributed by atoms with E-state index in [1.54, 1.807) is 18.2 Å². The number of nitrogens with one attached hydrogen (secondary N) is 1. The maximum atomic E-state index is 13.5. The van der Waals surface area contributed by atoms with Crippen molar-refractivity contribution in [2.45, 2.75) is 0 Å². The van der Waals surface area contributed by atoms with Crippen LogP contribution in [0.5, 0.6) is 11.8 Å². The summed E-state index contributed by atoms with van der Waals surface area (Å²) in [6.07, 6.45) is 2.79. The van der Waals surface area contributed by atoms with Crippen LogP contribution in [0.15, 0.2) is 67.0 Å². The van der Waals surface area contributed by atoms with E-state index in [4.69, 9.17) is 4.74 Å². The van der Waals surface area contributed by atoms with Crippen molar-refractivity contribution < 1.29 is 13.9 Å². The van der Waals surface area contributed by atoms with Gasteiger partial charge in [0.1, 0.15) is 11.6 Å². The van der Waals surface area contributed by atoms with Gasteiger partial charge >= 0.3 is 6.01 Å². The highest BCUT2D eigenvalue weighted by Gasteiger charge is 2.11. The minimum atomic E-state index is -0.588. The fourth-order valence-corrected chi connectivity index (χ4v) is 1.87. The van der Waals surface area contributed by atoms with Crippen LogP contribution in [-0.2, 0) is 0 Å². The second-order valence-corrected chi connectivity index (χ2v) is 4.60. The molecule has 114 valence electrons. The molecule has 0 radical (unpaired) electrons. The molecule has 0 saturated heterocycles. The molecule has 5 nitrogen and oxygen atoms in total. The first-order chi connectivity index (χ1) is 11.2. The number of carbonyl (C=O) groups excluding carboxylic acids is 1. The molecular formula is C17H12FN3O2. The Hall–Kier alpha value is -3.28. The average Bonchev–Trinajstić information content (AvgIpc) is 2.58. The summed E-state index contributed by atoms with van der Waals surface area (Å²) in [5, 5.41) is 2.53. The SMILES string of the molecule is O=C(Nc1cnc(Oc2ccccc2)nc1)c1ccccc1F. The number of hydrogen-bond donors (Lipinski definition) is 1. The summed E-state index contributed by atoms with van der Waals surface area (Å²) in [4.78, 5) is 20.0. The zero-order valence-electron chi connectivity index (χ0n) is 11.9. The van der Waals surface area contributed by atoms with E-state index in [2.05, 4.69) is 15.3 Å². The predicted molar refractivity (Wildman–Crippen MR) is 82.9 cm³/mol. The lowest BCUT2D eigenvalue weighted by atomic mass is 10.2. The summed E-state index contributed by atoms with van der Waals surface area (Å²) in [6.45, 7) is 0. The summed E-state index contributed by atoms with van der Waals surface area (Å²) in [6, 6.07) is 15.0. The number of anilines is 1. The number of ether oxygens (including phenoxy) is 1. The second-order valence-electron chi connectivity index (χ2n) is 4.60. The lowest BCUT2D eigenvalue weighted by molar-refractivity contribution is 0.102. The van der Waals surface area contributed by atoms with Crippen molar-refractivity contribution in [2.24, 2.45) is 0 Å². The Morgan fingerprint density at radius 2 is 1.61 bits per heavy atom. The molecule has 0 aliphatic carbocycles. The molecular weight excluding hydrogens is 297 g/mol. The zero-order valence-corrected chi connectivity index (χ0v) is 11.9. The van der Waals surface area contributed by atoms with Crippen LogP contribution < -0.4 is 10.1 Å². The molecule has 1 aromatic heterocycles. The minimum absolute atomic E-state index is 0.0443. The molecule has 0 bridgehead atoms. The second kappa shape index (κ2) is 6.65. The fraction of sp³-hybridized carbons (Fsp3) is 0. The first kappa shape index (κ1) is 14.6. The third-order valence-electron chi connectivity index (χ3n) is 2.96. The maximum Gasteiger partial charge on any atom is 0.322 e. The van der Waals surface area contributed by atoms with Gasteiger partial charge in [0.15, 0.2) is 0 Å². The first-order valence-electron chi connectivity index (χ1n) is 6.83. The molecule has 3 rings (SSSR count). The molecule has 0 saturated carbocycles. The van der Waals surface area contributed by atoms with Gasteiger partial charge in [-0.25, -0.2) is 14.4 Å². The monoisotopic (exact) mass is 309 g/mol. The van der Waals surface area contributed by atoms with Crippen LogP contribution in [0.2, 0.25) is 0 Å². The molecule has 0 atom stereocenters. The van der Waals surface area contributed by atoms with Crippen LogP contribution in [0.3, 0.4) is 0 Å². The van der Waals surface area contributed by atoms with Crippen molar-refractivity contribution in [3.8, 4) is 11.8 Å². The van der Waals surface area contributed by atoms with Crippen LogP contribution in [0.1, 0.15) is 10.4 Å². The third-order valence-corrected chi connectivity index (χ3v) is 2.96. The normalized spacial score (nSPS) is 10.1. The number of benzene rings is 2. The number of aromatic nitrogens is 2. The lowest BCUT2D eigenvalue weighted by Crippen LogP contribution is -2.14. The molecule has 6 heteroatoms. The largest absolute Gasteiger partial charge is 0.424 e. The van der Waals surface area contributed by atoms with E-state index in [0.717, 1.165) is 0 Å². The van der Waals surface area contributed by atoms with Gasteiger partial charge in [-0.15, -0.1) is 0 Å². The smallest absolute Gasteiger partial charge is 0.322 e. The van der Waals surface area contributed by atoms with Crippen molar-refractivity contribution in [2.75, 3.05) is 5.32 Å². The Balaban J connectivity index is 1.68. The van der Waals surface area contributed by atoms with Gasteiger partial charge in [0.2, 0.25) is 0 Å². The average molecular weight is 309 g/mol. The minimum Gasteiger partial charge on any atom is -0.424 e. The van der Waals surface area contributed by atoms with Crippen molar-refractivity contribution in [3.05, 3.63) is 78.4 Å². The molecule has 0 aliphatic rings. The highest BCUT2D eigenvalue weighted by atomic mass is 19.1. The Morgan fingerprint density at radius 3 is 2.30 bits per heavy atom. The van der Waals surface area contributed by atoms with Crippen molar-refractivity contribution in [1.29, 1.82) is 0 Å². The maximum absolute atomic E-state index is 13.5. The van der Waals surface area contributed by atoms with Crippen LogP contribution in [0.25, 0.3) is 0 Å². The molecule has 3 aromatic rings. The van der Waals surface area contributed by atoms with Crippen molar-refractivity contribution in [1.82, 2.24) is 9.97 Å². The van der Waals surface area contributed by atoms with Gasteiger partial charge in [0, 0.05) is 0 Å². The summed E-state index contributed by atoms with van der Waals surface area (Å²) >= 11 is 0. The third kappa shape index (κ3) is 3.68. The summed E-state index contributed by atoms with van der Waals surface area (Å²) < 4.78 is 19.0. The van der Waals surface area contributed by atoms with E-state index in [-0.39, 0.29) is 11.6 Å². The predicted octanol–water partition coefficient (Wildman–Crippen LogP) is 3.66. The molecule has 23 heavy (non-hydrogen) atoms. The standard InChI is InChI=1S/C17H12FN3O2/c18-15-9-5-4-8-14(15)16(22)21-12-10-19-17(20-11-12)23-13-6-2-1-3-7-13/h1-11H,(H,21,22). The van der Waals surface area contributed by atoms with E-state index in [0.29, 0.717) is 11.4 Å². The highest BCUT2D eigenvalue weighted by molar-refractivity contribution is 6.04. The van der Waals surface area contributed by atoms with E-state index >= 15 is 0 Å². The molecule has 0 spiro atoms. The summed E-state index contributed by atoms with van der Waals surface area (Å²) in [5.74, 6) is -0.547. The van der Waals surface area contributed by atoms with Crippen molar-refractivity contribution in [3.63, 3.8) is 0 Å². The molecule has 0 unspecified atom stereocenters. The lowest BCUT2D eigenvalue weighted by Gasteiger charge is -2.06. The highest BCUT2D eigenvalue weighted by Crippen LogP contribution is 2.17. The quantitative estimate of drug-likeness (QED) is 0.799. The molecule has 1 heterocycles. The fourth-order valence-electron chi connectivity index (χ4n) is 1.87. The molecule has 2 aromatic carbocycles. The van der Waals surface area contributed by atoms with E-state index in [1.807, 2.05) is 18.2 Å². The molecule has 0 aliphatic heterocycles. The Labute approximate surface area is 131 Å². The van der Waals surface area contributed by atoms with Gasteiger partial charge in [-0.2, -0.15) is 0 Å². The zero-order chi connectivity index (χ0) is 16.1. The Morgan fingerprint density at radius 1 is 0.957 bits per heavy atom. The van der Waals surface area contributed by atoms with Gasteiger partial charge in [-0.05, 0) is 24.3 Å². The number of hydrogen-bond acceptors (Lipinski definition) is 4. The van der Waals surface area contributed by atoms with Crippen LogP contribution in [0, 0.1) is 5.82 Å². The number of nitrogens with zero attached hydrogens (tertiary/aromatic N) is 2. The van der Waals surface area contributed by atoms with E-state index < -0.39 is 11.7 Å². The summed E-state index contributed by atoms with van der Waals surface area (Å²) in [5.41, 5.74) is 0.302. The van der Waals surface area contributed by atoms with Crippen molar-refractivity contribution >= 4 is 11.6 Å². The topological polar surface area (TPSA) is 64.1 Å². The molecule has 1 N–H and O–H groups in total. The number of para-hydroxylation sites is 1. The molecule has 0 fully saturated rings. The van der Waals surface area contributed by atoms with Gasteiger partial charge < -0.3 is 10.1 Å². The summed E-state index contributed by atoms with van der Waals surface area (Å²) in [7, 11) is 0. The van der Waals surface area contributed by atoms with E-state index in [1.165, 1.54) is 30.6 Å². The van der Waals surface area contributed by atoms with E-state index in [9.17, 15) is 9.18 Å². The van der Waals surface area contributed by atoms with Gasteiger partial charge in [-0.3, -0.25) is 4.79 Å². The number of rotatable bonds is 4. The number of amides is 1. The first-order valence-corrected chi connectivity index (χ1v) is 6.83. The van der Waals surface area contributed by atoms with Gasteiger partial charge in [0.05, 0.1) is 23.6 Å². The Bertz CT molecular complexity index is 808. The van der Waals surface area contributed by atoms with Crippen LogP contribution in [-0.4, -0.2) is 15.9 Å².